The van der Waals surface area contributed by atoms with E-state index in [1.165, 1.54) is 0 Å². The molecule has 4 nitrogen and oxygen atoms in total. The average molecular weight is 351 g/mol. The van der Waals surface area contributed by atoms with Crippen LogP contribution in [0.4, 0.5) is 23.2 Å². The van der Waals surface area contributed by atoms with E-state index in [1.807, 2.05) is 24.3 Å². The smallest absolute Gasteiger partial charge is 0.253 e. The lowest BCUT2D eigenvalue weighted by Crippen LogP contribution is -2.12. The monoisotopic (exact) mass is 351 g/mol. The fraction of sp³-hybridized carbons (Fsp3) is 0.176. The fourth-order valence-electron chi connectivity index (χ4n) is 2.30. The summed E-state index contributed by atoms with van der Waals surface area (Å²) in [6.07, 6.45) is 1.99. The number of halogens is 4. The van der Waals surface area contributed by atoms with Crippen molar-refractivity contribution >= 4 is 16.6 Å². The molecule has 0 radical (unpaired) electrons. The maximum Gasteiger partial charge on any atom is 0.253 e. The topological polar surface area (TPSA) is 47.0 Å². The summed E-state index contributed by atoms with van der Waals surface area (Å²) in [6.45, 7) is 0.275. The lowest BCUT2D eigenvalue weighted by Gasteiger charge is -2.11. The lowest BCUT2D eigenvalue weighted by atomic mass is 10.2. The third-order valence-electron chi connectivity index (χ3n) is 3.47. The molecule has 0 amide bonds. The van der Waals surface area contributed by atoms with E-state index in [2.05, 4.69) is 15.3 Å². The zero-order chi connectivity index (χ0) is 17.8. The zero-order valence-electron chi connectivity index (χ0n) is 12.9. The van der Waals surface area contributed by atoms with Crippen LogP contribution < -0.4 is 10.1 Å². The molecule has 0 unspecified atom stereocenters. The van der Waals surface area contributed by atoms with Crippen LogP contribution in [0.5, 0.6) is 5.75 Å². The average Bonchev–Trinajstić information content (AvgIpc) is 2.62. The Morgan fingerprint density at radius 1 is 0.960 bits per heavy atom. The van der Waals surface area contributed by atoms with Crippen LogP contribution in [-0.2, 0) is 0 Å². The normalized spacial score (nSPS) is 10.9. The lowest BCUT2D eigenvalue weighted by molar-refractivity contribution is 0.318. The van der Waals surface area contributed by atoms with E-state index in [4.69, 9.17) is 4.74 Å². The number of hydrogen-bond donors (Lipinski definition) is 1. The molecule has 0 aliphatic heterocycles. The van der Waals surface area contributed by atoms with Gasteiger partial charge in [-0.15, -0.1) is 0 Å². The van der Waals surface area contributed by atoms with E-state index in [1.54, 1.807) is 12.3 Å². The van der Waals surface area contributed by atoms with Crippen molar-refractivity contribution in [2.24, 2.45) is 0 Å². The van der Waals surface area contributed by atoms with Gasteiger partial charge in [0.25, 0.3) is 11.9 Å². The largest absolute Gasteiger partial charge is 0.491 e. The van der Waals surface area contributed by atoms with Crippen molar-refractivity contribution in [2.75, 3.05) is 18.5 Å². The first-order valence-electron chi connectivity index (χ1n) is 7.48. The van der Waals surface area contributed by atoms with Crippen molar-refractivity contribution < 1.29 is 22.3 Å². The van der Waals surface area contributed by atoms with E-state index >= 15 is 0 Å². The van der Waals surface area contributed by atoms with Gasteiger partial charge in [-0.2, -0.15) is 22.5 Å². The minimum atomic E-state index is -1.69. The van der Waals surface area contributed by atoms with E-state index in [9.17, 15) is 17.6 Å². The first-order valence-corrected chi connectivity index (χ1v) is 7.48. The summed E-state index contributed by atoms with van der Waals surface area (Å²) in [5, 5.41) is 3.24. The van der Waals surface area contributed by atoms with Gasteiger partial charge in [-0.25, -0.2) is 0 Å². The van der Waals surface area contributed by atoms with Crippen LogP contribution in [0.3, 0.4) is 0 Å². The molecular formula is C17H13F4N3O. The number of anilines is 1. The van der Waals surface area contributed by atoms with Crippen molar-refractivity contribution in [3.05, 3.63) is 60.1 Å². The number of hydrogen-bond acceptors (Lipinski definition) is 4. The highest BCUT2D eigenvalue weighted by Gasteiger charge is 2.20. The summed E-state index contributed by atoms with van der Waals surface area (Å²) >= 11 is 0. The minimum absolute atomic E-state index is 0.0505. The number of nitrogens with one attached hydrogen (secondary N) is 1. The Balaban J connectivity index is 1.58. The predicted molar refractivity (Wildman–Crippen MR) is 84.4 cm³/mol. The van der Waals surface area contributed by atoms with Gasteiger partial charge in [0.15, 0.2) is 0 Å². The minimum Gasteiger partial charge on any atom is -0.491 e. The third-order valence-corrected chi connectivity index (χ3v) is 3.47. The first-order chi connectivity index (χ1) is 12.1. The van der Waals surface area contributed by atoms with Crippen LogP contribution in [0.25, 0.3) is 10.9 Å². The highest BCUT2D eigenvalue weighted by atomic mass is 19.2. The van der Waals surface area contributed by atoms with Crippen molar-refractivity contribution in [3.63, 3.8) is 0 Å². The van der Waals surface area contributed by atoms with Crippen LogP contribution in [0.15, 0.2) is 36.5 Å². The summed E-state index contributed by atoms with van der Waals surface area (Å²) < 4.78 is 58.5. The number of rotatable bonds is 6. The molecule has 0 atom stereocenters. The van der Waals surface area contributed by atoms with Crippen molar-refractivity contribution in [1.82, 2.24) is 9.97 Å². The molecular weight excluding hydrogens is 338 g/mol. The van der Waals surface area contributed by atoms with E-state index < -0.39 is 29.2 Å². The van der Waals surface area contributed by atoms with Gasteiger partial charge in [-0.3, -0.25) is 4.98 Å². The Morgan fingerprint density at radius 3 is 2.44 bits per heavy atom. The molecule has 25 heavy (non-hydrogen) atoms. The zero-order valence-corrected chi connectivity index (χ0v) is 12.9. The molecule has 0 saturated heterocycles. The fourth-order valence-corrected chi connectivity index (χ4v) is 2.30. The number of pyridine rings is 2. The van der Waals surface area contributed by atoms with Gasteiger partial charge in [-0.1, -0.05) is 18.2 Å². The highest BCUT2D eigenvalue weighted by molar-refractivity contribution is 5.84. The van der Waals surface area contributed by atoms with Crippen LogP contribution in [0.1, 0.15) is 6.42 Å². The van der Waals surface area contributed by atoms with Gasteiger partial charge in [0, 0.05) is 18.1 Å². The Morgan fingerprint density at radius 2 is 1.68 bits per heavy atom. The number of nitrogens with zero attached hydrogens (tertiary/aromatic N) is 2. The van der Waals surface area contributed by atoms with Gasteiger partial charge in [0.2, 0.25) is 11.6 Å². The van der Waals surface area contributed by atoms with Crippen LogP contribution in [-0.4, -0.2) is 23.1 Å². The second-order valence-electron chi connectivity index (χ2n) is 5.16. The molecule has 0 aliphatic carbocycles. The molecule has 2 heterocycles. The number of aromatic nitrogens is 2. The Hall–Kier alpha value is -2.90. The molecule has 0 bridgehead atoms. The van der Waals surface area contributed by atoms with Crippen molar-refractivity contribution in [1.29, 1.82) is 0 Å². The number of ether oxygens (including phenoxy) is 1. The van der Waals surface area contributed by atoms with Gasteiger partial charge in [-0.05, 0) is 18.6 Å². The summed E-state index contributed by atoms with van der Waals surface area (Å²) in [5.41, 5.74) is -0.176. The van der Waals surface area contributed by atoms with Crippen molar-refractivity contribution in [2.45, 2.75) is 6.42 Å². The molecule has 130 valence electrons. The third kappa shape index (κ3) is 3.62. The number of fused-ring (bicyclic) bond motifs is 1. The van der Waals surface area contributed by atoms with Crippen LogP contribution >= 0.6 is 0 Å². The van der Waals surface area contributed by atoms with Gasteiger partial charge in [0.05, 0.1) is 6.61 Å². The Labute approximate surface area is 140 Å². The molecule has 8 heteroatoms. The molecule has 0 spiro atoms. The number of para-hydroxylation sites is 1. The molecule has 0 fully saturated rings. The molecule has 0 saturated carbocycles. The number of benzene rings is 1. The highest BCUT2D eigenvalue weighted by Crippen LogP contribution is 2.24. The first kappa shape index (κ1) is 16.9. The summed E-state index contributed by atoms with van der Waals surface area (Å²) in [6, 6.07) is 9.19. The van der Waals surface area contributed by atoms with Crippen molar-refractivity contribution in [3.8, 4) is 5.75 Å². The summed E-state index contributed by atoms with van der Waals surface area (Å²) in [4.78, 5) is 6.73. The van der Waals surface area contributed by atoms with E-state index in [0.717, 1.165) is 5.39 Å². The van der Waals surface area contributed by atoms with E-state index in [0.29, 0.717) is 17.7 Å². The SMILES string of the molecule is Fc1nc(F)c(F)c(NCCCOc2cccc3cccnc23)c1F. The standard InChI is InChI=1S/C17H13F4N3O/c18-12-15(13(19)17(21)24-16(12)20)23-8-3-9-25-11-6-1-4-10-5-2-7-22-14(10)11/h1-2,4-7H,3,8-9H2,(H,23,24). The van der Waals surface area contributed by atoms with Gasteiger partial charge >= 0.3 is 0 Å². The quantitative estimate of drug-likeness (QED) is 0.413. The van der Waals surface area contributed by atoms with Crippen LogP contribution in [0, 0.1) is 23.5 Å². The molecule has 1 N–H and O–H groups in total. The maximum atomic E-state index is 13.4. The maximum absolute atomic E-state index is 13.4. The van der Waals surface area contributed by atoms with Gasteiger partial charge < -0.3 is 10.1 Å². The molecule has 0 aliphatic rings. The second kappa shape index (κ2) is 7.33. The summed E-state index contributed by atoms with van der Waals surface area (Å²) in [5.74, 6) is -5.92. The van der Waals surface area contributed by atoms with Crippen LogP contribution in [0.2, 0.25) is 0 Å². The predicted octanol–water partition coefficient (Wildman–Crippen LogP) is 4.07. The molecule has 3 rings (SSSR count). The molecule has 3 aromatic rings. The van der Waals surface area contributed by atoms with Gasteiger partial charge in [0.1, 0.15) is 17.0 Å². The van der Waals surface area contributed by atoms with E-state index in [-0.39, 0.29) is 13.2 Å². The Kier molecular flexibility index (Phi) is 4.97. The second-order valence-corrected chi connectivity index (χ2v) is 5.16. The summed E-state index contributed by atoms with van der Waals surface area (Å²) in [7, 11) is 0. The molecule has 2 aromatic heterocycles. The molecule has 1 aromatic carbocycles. The Bertz CT molecular complexity index is 873.